The van der Waals surface area contributed by atoms with Crippen LogP contribution in [0, 0.1) is 12.8 Å². The van der Waals surface area contributed by atoms with Gasteiger partial charge in [-0.15, -0.1) is 0 Å². The van der Waals surface area contributed by atoms with E-state index in [1.807, 2.05) is 84.4 Å². The zero-order chi connectivity index (χ0) is 38.7. The maximum Gasteiger partial charge on any atom is 0.260 e. The fourth-order valence-corrected chi connectivity index (χ4v) is 9.08. The number of carbonyl (C=O) groups is 2. The molecule has 0 bridgehead atoms. The van der Waals surface area contributed by atoms with Crippen molar-refractivity contribution in [2.45, 2.75) is 65.3 Å². The first-order valence-electron chi connectivity index (χ1n) is 19.7. The smallest absolute Gasteiger partial charge is 0.260 e. The summed E-state index contributed by atoms with van der Waals surface area (Å²) in [6.07, 6.45) is 2.59. The van der Waals surface area contributed by atoms with Gasteiger partial charge in [-0.05, 0) is 95.8 Å². The molecule has 286 valence electrons. The summed E-state index contributed by atoms with van der Waals surface area (Å²) in [5.41, 5.74) is 11.5. The topological polar surface area (TPSA) is 83.6 Å². The van der Waals surface area contributed by atoms with Crippen molar-refractivity contribution in [3.05, 3.63) is 136 Å². The maximum absolute atomic E-state index is 14.1. The lowest BCUT2D eigenvalue weighted by Gasteiger charge is -2.25. The molecule has 2 amide bonds. The lowest BCUT2D eigenvalue weighted by atomic mass is 9.98. The van der Waals surface area contributed by atoms with E-state index in [2.05, 4.69) is 54.4 Å². The van der Waals surface area contributed by atoms with Crippen molar-refractivity contribution in [2.75, 3.05) is 47.3 Å². The molecule has 0 aromatic heterocycles. The predicted molar refractivity (Wildman–Crippen MR) is 221 cm³/mol. The highest BCUT2D eigenvalue weighted by molar-refractivity contribution is 6.13. The molecular weight excluding hydrogens is 701 g/mol. The molecule has 0 saturated carbocycles. The fraction of sp³-hybridized carbons (Fsp3) is 0.319. The summed E-state index contributed by atoms with van der Waals surface area (Å²) in [4.78, 5) is 34.0. The Morgan fingerprint density at radius 2 is 1.30 bits per heavy atom. The maximum atomic E-state index is 14.1. The quantitative estimate of drug-likeness (QED) is 0.162. The Hall–Kier alpha value is -5.96. The highest BCUT2D eigenvalue weighted by Crippen LogP contribution is 2.43. The Morgan fingerprint density at radius 1 is 0.696 bits per heavy atom. The van der Waals surface area contributed by atoms with Crippen LogP contribution in [0.25, 0.3) is 0 Å². The van der Waals surface area contributed by atoms with Gasteiger partial charge in [-0.1, -0.05) is 62.4 Å². The van der Waals surface area contributed by atoms with Gasteiger partial charge in [0.2, 0.25) is 0 Å². The third-order valence-electron chi connectivity index (χ3n) is 11.6. The molecular formula is C47H48N4O5. The predicted octanol–water partition coefficient (Wildman–Crippen LogP) is 8.38. The summed E-state index contributed by atoms with van der Waals surface area (Å²) < 4.78 is 18.9. The summed E-state index contributed by atoms with van der Waals surface area (Å²) in [5, 5.41) is 3.56. The van der Waals surface area contributed by atoms with E-state index in [1.165, 1.54) is 16.7 Å². The highest BCUT2D eigenvalue weighted by Gasteiger charge is 2.40. The number of hydrogen-bond acceptors (Lipinski definition) is 7. The third-order valence-corrected chi connectivity index (χ3v) is 11.6. The number of rotatable bonds is 9. The number of likely N-dealkylation sites (N-methyl/N-ethyl adjacent to an activating group) is 1. The van der Waals surface area contributed by atoms with Crippen LogP contribution in [0.5, 0.6) is 17.2 Å². The first-order chi connectivity index (χ1) is 27.1. The number of fused-ring (bicyclic) bond motifs is 8. The summed E-state index contributed by atoms with van der Waals surface area (Å²) in [6.45, 7) is 8.51. The number of ether oxygens (including phenoxy) is 3. The minimum absolute atomic E-state index is 0.0200. The lowest BCUT2D eigenvalue weighted by Crippen LogP contribution is -2.41. The number of amides is 2. The molecule has 0 saturated heterocycles. The molecule has 0 aliphatic carbocycles. The van der Waals surface area contributed by atoms with Gasteiger partial charge in [0.15, 0.2) is 11.5 Å². The van der Waals surface area contributed by atoms with Crippen LogP contribution in [0.2, 0.25) is 0 Å². The van der Waals surface area contributed by atoms with Gasteiger partial charge < -0.3 is 34.2 Å². The third kappa shape index (κ3) is 6.38. The first-order valence-corrected chi connectivity index (χ1v) is 19.7. The standard InChI is InChI=1S/C47H48N4O5/c1-28(2)14-30-16-31(26-55-43-22-39-37(15-29(43)3)46(52)50-35(24-48-39)19-33-10-6-8-12-40(33)50)18-32(17-30)27-56-45-23-42-38(21-44(45)54-5)47(53)51-36(25-49(42)4)20-34-11-7-9-13-41(34)51/h6-13,15-18,21-23,28,35-36,48H,14,19-20,24-27H2,1-5H3/t35-,36-/m0/s1. The van der Waals surface area contributed by atoms with Gasteiger partial charge in [-0.3, -0.25) is 9.59 Å². The molecule has 0 fully saturated rings. The number of anilines is 4. The number of hydrogen-bond donors (Lipinski definition) is 1. The number of para-hydroxylation sites is 2. The molecule has 4 aliphatic rings. The zero-order valence-corrected chi connectivity index (χ0v) is 32.7. The van der Waals surface area contributed by atoms with E-state index >= 15 is 0 Å². The number of aryl methyl sites for hydroxylation is 1. The second kappa shape index (κ2) is 14.3. The van der Waals surface area contributed by atoms with Gasteiger partial charge in [0.05, 0.1) is 41.7 Å². The second-order valence-electron chi connectivity index (χ2n) is 16.1. The fourth-order valence-electron chi connectivity index (χ4n) is 9.08. The van der Waals surface area contributed by atoms with E-state index < -0.39 is 0 Å². The molecule has 56 heavy (non-hydrogen) atoms. The van der Waals surface area contributed by atoms with Crippen molar-refractivity contribution in [3.63, 3.8) is 0 Å². The second-order valence-corrected chi connectivity index (χ2v) is 16.1. The summed E-state index contributed by atoms with van der Waals surface area (Å²) in [6, 6.07) is 30.8. The molecule has 0 radical (unpaired) electrons. The van der Waals surface area contributed by atoms with Crippen molar-refractivity contribution < 1.29 is 23.8 Å². The summed E-state index contributed by atoms with van der Waals surface area (Å²) in [5.74, 6) is 2.33. The number of methoxy groups -OCH3 is 1. The van der Waals surface area contributed by atoms with Crippen molar-refractivity contribution in [1.29, 1.82) is 0 Å². The van der Waals surface area contributed by atoms with Gasteiger partial charge in [0, 0.05) is 43.6 Å². The van der Waals surface area contributed by atoms with Gasteiger partial charge in [0.25, 0.3) is 11.8 Å². The van der Waals surface area contributed by atoms with E-state index in [0.29, 0.717) is 54.8 Å². The lowest BCUT2D eigenvalue weighted by molar-refractivity contribution is 0.0975. The van der Waals surface area contributed by atoms with E-state index in [0.717, 1.165) is 64.5 Å². The van der Waals surface area contributed by atoms with Crippen LogP contribution in [0.3, 0.4) is 0 Å². The Kier molecular flexibility index (Phi) is 9.11. The Balaban J connectivity index is 0.946. The average molecular weight is 749 g/mol. The number of nitrogens with zero attached hydrogens (tertiary/aromatic N) is 3. The molecule has 9 heteroatoms. The molecule has 1 N–H and O–H groups in total. The van der Waals surface area contributed by atoms with Crippen LogP contribution in [0.4, 0.5) is 22.7 Å². The van der Waals surface area contributed by atoms with E-state index in [9.17, 15) is 9.59 Å². The number of carbonyl (C=O) groups excluding carboxylic acids is 2. The van der Waals surface area contributed by atoms with Gasteiger partial charge in [-0.2, -0.15) is 0 Å². The molecule has 4 aliphatic heterocycles. The minimum Gasteiger partial charge on any atom is -0.493 e. The van der Waals surface area contributed by atoms with Crippen LogP contribution >= 0.6 is 0 Å². The molecule has 4 heterocycles. The number of benzene rings is 5. The van der Waals surface area contributed by atoms with Crippen molar-refractivity contribution in [1.82, 2.24) is 0 Å². The number of nitrogens with one attached hydrogen (secondary N) is 1. The van der Waals surface area contributed by atoms with Gasteiger partial charge in [0.1, 0.15) is 19.0 Å². The molecule has 9 rings (SSSR count). The monoisotopic (exact) mass is 748 g/mol. The van der Waals surface area contributed by atoms with E-state index in [1.54, 1.807) is 7.11 Å². The molecule has 2 atom stereocenters. The molecule has 5 aromatic rings. The van der Waals surface area contributed by atoms with Crippen LogP contribution in [0.15, 0.2) is 91.0 Å². The summed E-state index contributed by atoms with van der Waals surface area (Å²) >= 11 is 0. The first kappa shape index (κ1) is 35.7. The average Bonchev–Trinajstić information content (AvgIpc) is 3.68. The van der Waals surface area contributed by atoms with Crippen LogP contribution in [0.1, 0.15) is 67.9 Å². The summed E-state index contributed by atoms with van der Waals surface area (Å²) in [7, 11) is 3.66. The van der Waals surface area contributed by atoms with Crippen LogP contribution < -0.4 is 34.2 Å². The Labute approximate surface area is 328 Å². The molecule has 0 spiro atoms. The van der Waals surface area contributed by atoms with Crippen molar-refractivity contribution in [3.8, 4) is 17.2 Å². The van der Waals surface area contributed by atoms with Gasteiger partial charge in [-0.25, -0.2) is 0 Å². The molecule has 0 unspecified atom stereocenters. The Bertz CT molecular complexity index is 2370. The van der Waals surface area contributed by atoms with E-state index in [4.69, 9.17) is 14.2 Å². The largest absolute Gasteiger partial charge is 0.493 e. The Morgan fingerprint density at radius 3 is 1.98 bits per heavy atom. The van der Waals surface area contributed by atoms with Crippen LogP contribution in [-0.4, -0.2) is 51.1 Å². The van der Waals surface area contributed by atoms with Crippen molar-refractivity contribution in [2.24, 2.45) is 5.92 Å². The van der Waals surface area contributed by atoms with E-state index in [-0.39, 0.29) is 23.9 Å². The van der Waals surface area contributed by atoms with Crippen molar-refractivity contribution >= 4 is 34.6 Å². The normalized spacial score (nSPS) is 17.9. The highest BCUT2D eigenvalue weighted by atomic mass is 16.5. The molecule has 5 aromatic carbocycles. The molecule has 9 nitrogen and oxygen atoms in total. The zero-order valence-electron chi connectivity index (χ0n) is 32.7. The minimum atomic E-state index is -0.0200. The SMILES string of the molecule is COc1cc2c(cc1OCc1cc(COc3cc4c(cc3C)C(=O)N3c5ccccc5C[C@H]3CN4)cc(CC(C)C)c1)N(C)C[C@@H]1Cc3ccccc3N1C2=O. The van der Waals surface area contributed by atoms with Gasteiger partial charge >= 0.3 is 0 Å². The van der Waals surface area contributed by atoms with Crippen LogP contribution in [-0.2, 0) is 32.5 Å².